The number of carbonyl (C=O) groups is 1. The number of nitrogens with zero attached hydrogens (tertiary/aromatic N) is 4. The molecule has 1 aliphatic rings. The first kappa shape index (κ1) is 20.0. The van der Waals surface area contributed by atoms with Gasteiger partial charge in [0.05, 0.1) is 5.69 Å². The molecule has 0 radical (unpaired) electrons. The number of amides is 1. The van der Waals surface area contributed by atoms with Crippen molar-refractivity contribution in [2.24, 2.45) is 0 Å². The van der Waals surface area contributed by atoms with E-state index in [-0.39, 0.29) is 37.0 Å². The van der Waals surface area contributed by atoms with Crippen LogP contribution in [0.1, 0.15) is 5.69 Å². The number of carbonyl (C=O) groups excluding carboxylic acids is 1. The molecule has 0 saturated carbocycles. The van der Waals surface area contributed by atoms with Crippen LogP contribution >= 0.6 is 22.9 Å². The molecule has 0 unspecified atom stereocenters. The lowest BCUT2D eigenvalue weighted by atomic mass is 10.3. The van der Waals surface area contributed by atoms with Gasteiger partial charge in [0, 0.05) is 43.8 Å². The SMILES string of the molecule is O=C(/C=C/c1c(Cl)nc2sccn12)N1CCN(S(=O)(=O)c2ccccc2F)CC1. The molecule has 2 aromatic heterocycles. The van der Waals surface area contributed by atoms with E-state index in [1.54, 1.807) is 15.4 Å². The van der Waals surface area contributed by atoms with E-state index in [0.29, 0.717) is 10.8 Å². The summed E-state index contributed by atoms with van der Waals surface area (Å²) in [5, 5.41) is 2.18. The van der Waals surface area contributed by atoms with Gasteiger partial charge >= 0.3 is 0 Å². The van der Waals surface area contributed by atoms with Crippen LogP contribution in [0.3, 0.4) is 0 Å². The lowest BCUT2D eigenvalue weighted by Crippen LogP contribution is -2.50. The van der Waals surface area contributed by atoms with E-state index in [9.17, 15) is 17.6 Å². The molecular weight excluding hydrogens is 439 g/mol. The summed E-state index contributed by atoms with van der Waals surface area (Å²) >= 11 is 7.55. The number of piperazine rings is 1. The number of benzene rings is 1. The quantitative estimate of drug-likeness (QED) is 0.568. The van der Waals surface area contributed by atoms with Gasteiger partial charge in [-0.3, -0.25) is 9.20 Å². The van der Waals surface area contributed by atoms with Gasteiger partial charge in [0.1, 0.15) is 10.7 Å². The Morgan fingerprint density at radius 2 is 1.93 bits per heavy atom. The van der Waals surface area contributed by atoms with Crippen LogP contribution in [-0.4, -0.2) is 59.1 Å². The number of thiazole rings is 1. The van der Waals surface area contributed by atoms with Gasteiger partial charge in [-0.2, -0.15) is 4.31 Å². The summed E-state index contributed by atoms with van der Waals surface area (Å²) in [5.74, 6) is -1.04. The van der Waals surface area contributed by atoms with Crippen LogP contribution in [0.15, 0.2) is 46.8 Å². The molecule has 0 bridgehead atoms. The molecule has 0 atom stereocenters. The van der Waals surface area contributed by atoms with Crippen LogP contribution < -0.4 is 0 Å². The Bertz CT molecular complexity index is 1200. The second-order valence-electron chi connectivity index (χ2n) is 6.34. The van der Waals surface area contributed by atoms with Crippen LogP contribution in [-0.2, 0) is 14.8 Å². The lowest BCUT2D eigenvalue weighted by Gasteiger charge is -2.33. The number of halogens is 2. The maximum atomic E-state index is 13.9. The fourth-order valence-electron chi connectivity index (χ4n) is 3.12. The van der Waals surface area contributed by atoms with E-state index in [1.165, 1.54) is 39.9 Å². The second kappa shape index (κ2) is 7.86. The minimum absolute atomic E-state index is 0.0957. The van der Waals surface area contributed by atoms with Crippen LogP contribution in [0.25, 0.3) is 11.0 Å². The van der Waals surface area contributed by atoms with E-state index in [4.69, 9.17) is 11.6 Å². The predicted molar refractivity (Wildman–Crippen MR) is 109 cm³/mol. The monoisotopic (exact) mass is 454 g/mol. The number of imidazole rings is 1. The Kier molecular flexibility index (Phi) is 5.43. The molecule has 3 aromatic rings. The highest BCUT2D eigenvalue weighted by atomic mass is 35.5. The summed E-state index contributed by atoms with van der Waals surface area (Å²) in [6.45, 7) is 0.618. The van der Waals surface area contributed by atoms with E-state index in [1.807, 2.05) is 11.6 Å². The largest absolute Gasteiger partial charge is 0.337 e. The van der Waals surface area contributed by atoms with Crippen molar-refractivity contribution in [1.82, 2.24) is 18.6 Å². The van der Waals surface area contributed by atoms with Crippen molar-refractivity contribution >= 4 is 49.9 Å². The number of sulfonamides is 1. The topological polar surface area (TPSA) is 75.0 Å². The van der Waals surface area contributed by atoms with Crippen molar-refractivity contribution in [2.45, 2.75) is 4.90 Å². The molecule has 1 aromatic carbocycles. The summed E-state index contributed by atoms with van der Waals surface area (Å²) in [6, 6.07) is 5.27. The van der Waals surface area contributed by atoms with Crippen LogP contribution in [0, 0.1) is 5.82 Å². The Morgan fingerprint density at radius 3 is 2.66 bits per heavy atom. The van der Waals surface area contributed by atoms with Gasteiger partial charge in [0.25, 0.3) is 0 Å². The zero-order valence-corrected chi connectivity index (χ0v) is 17.4. The van der Waals surface area contributed by atoms with E-state index in [2.05, 4.69) is 4.98 Å². The molecule has 1 saturated heterocycles. The molecule has 4 rings (SSSR count). The van der Waals surface area contributed by atoms with Gasteiger partial charge in [-0.15, -0.1) is 11.3 Å². The highest BCUT2D eigenvalue weighted by molar-refractivity contribution is 7.89. The minimum Gasteiger partial charge on any atom is -0.337 e. The smallest absolute Gasteiger partial charge is 0.246 e. The third-order valence-corrected chi connectivity index (χ3v) is 7.61. The number of fused-ring (bicyclic) bond motifs is 1. The molecule has 152 valence electrons. The van der Waals surface area contributed by atoms with Gasteiger partial charge in [-0.25, -0.2) is 17.8 Å². The van der Waals surface area contributed by atoms with E-state index < -0.39 is 15.8 Å². The standard InChI is InChI=1S/C18H16ClFN4O3S2/c19-17-14(24-11-12-28-18(24)21-17)5-6-16(25)22-7-9-23(10-8-22)29(26,27)15-4-2-1-3-13(15)20/h1-6,11-12H,7-10H2/b6-5+. The average Bonchev–Trinajstić information content (AvgIpc) is 3.27. The Morgan fingerprint density at radius 1 is 1.21 bits per heavy atom. The van der Waals surface area contributed by atoms with Crippen molar-refractivity contribution in [2.75, 3.05) is 26.2 Å². The number of hydrogen-bond donors (Lipinski definition) is 0. The molecule has 3 heterocycles. The normalized spacial score (nSPS) is 16.1. The van der Waals surface area contributed by atoms with Gasteiger partial charge in [0.15, 0.2) is 10.1 Å². The zero-order valence-electron chi connectivity index (χ0n) is 15.0. The van der Waals surface area contributed by atoms with E-state index >= 15 is 0 Å². The molecule has 0 aliphatic carbocycles. The maximum absolute atomic E-state index is 13.9. The van der Waals surface area contributed by atoms with Gasteiger partial charge in [-0.1, -0.05) is 23.7 Å². The molecule has 29 heavy (non-hydrogen) atoms. The molecular formula is C18H16ClFN4O3S2. The Balaban J connectivity index is 1.43. The second-order valence-corrected chi connectivity index (χ2v) is 9.47. The van der Waals surface area contributed by atoms with Crippen LogP contribution in [0.2, 0.25) is 5.15 Å². The lowest BCUT2D eigenvalue weighted by molar-refractivity contribution is -0.127. The summed E-state index contributed by atoms with van der Waals surface area (Å²) < 4.78 is 42.2. The summed E-state index contributed by atoms with van der Waals surface area (Å²) in [4.78, 5) is 18.6. The van der Waals surface area contributed by atoms with Gasteiger partial charge in [-0.05, 0) is 18.2 Å². The van der Waals surface area contributed by atoms with Gasteiger partial charge in [0.2, 0.25) is 15.9 Å². The van der Waals surface area contributed by atoms with Crippen molar-refractivity contribution in [1.29, 1.82) is 0 Å². The molecule has 1 fully saturated rings. The average molecular weight is 455 g/mol. The summed E-state index contributed by atoms with van der Waals surface area (Å²) in [6.07, 6.45) is 4.81. The van der Waals surface area contributed by atoms with Crippen LogP contribution in [0.5, 0.6) is 0 Å². The molecule has 7 nitrogen and oxygen atoms in total. The first-order chi connectivity index (χ1) is 13.9. The van der Waals surface area contributed by atoms with Crippen molar-refractivity contribution < 1.29 is 17.6 Å². The van der Waals surface area contributed by atoms with E-state index in [0.717, 1.165) is 11.0 Å². The highest BCUT2D eigenvalue weighted by Gasteiger charge is 2.31. The Hall–Kier alpha value is -2.27. The first-order valence-electron chi connectivity index (χ1n) is 8.70. The van der Waals surface area contributed by atoms with Crippen molar-refractivity contribution in [3.8, 4) is 0 Å². The Labute approximate surface area is 175 Å². The third kappa shape index (κ3) is 3.80. The first-order valence-corrected chi connectivity index (χ1v) is 11.4. The minimum atomic E-state index is -3.94. The summed E-state index contributed by atoms with van der Waals surface area (Å²) in [7, 11) is -3.94. The number of hydrogen-bond acceptors (Lipinski definition) is 5. The van der Waals surface area contributed by atoms with Crippen LogP contribution in [0.4, 0.5) is 4.39 Å². The molecule has 11 heteroatoms. The molecule has 0 N–H and O–H groups in total. The fourth-order valence-corrected chi connectivity index (χ4v) is 5.62. The molecule has 0 spiro atoms. The summed E-state index contributed by atoms with van der Waals surface area (Å²) in [5.41, 5.74) is 0.608. The van der Waals surface area contributed by atoms with Crippen molar-refractivity contribution in [3.63, 3.8) is 0 Å². The number of rotatable bonds is 4. The third-order valence-electron chi connectivity index (χ3n) is 4.64. The van der Waals surface area contributed by atoms with Crippen molar-refractivity contribution in [3.05, 3.63) is 58.6 Å². The fraction of sp³-hybridized carbons (Fsp3) is 0.222. The zero-order chi connectivity index (χ0) is 20.6. The maximum Gasteiger partial charge on any atom is 0.246 e. The predicted octanol–water partition coefficient (Wildman–Crippen LogP) is 2.73. The molecule has 1 aliphatic heterocycles. The molecule has 1 amide bonds. The highest BCUT2D eigenvalue weighted by Crippen LogP contribution is 2.23. The van der Waals surface area contributed by atoms with Gasteiger partial charge < -0.3 is 4.90 Å². The number of aromatic nitrogens is 2.